The molecule has 3 aliphatic heterocycles. The molecular formula is C20H24N6O3. The van der Waals surface area contributed by atoms with E-state index >= 15 is 0 Å². The van der Waals surface area contributed by atoms with Crippen molar-refractivity contribution in [3.63, 3.8) is 0 Å². The maximum atomic E-state index is 12.9. The number of nitrogens with one attached hydrogen (secondary N) is 2. The van der Waals surface area contributed by atoms with Crippen LogP contribution in [0.4, 0.5) is 5.82 Å². The van der Waals surface area contributed by atoms with E-state index in [2.05, 4.69) is 20.3 Å². The Morgan fingerprint density at radius 2 is 2.31 bits per heavy atom. The number of hydrogen-bond acceptors (Lipinski definition) is 6. The number of H-pyrrole nitrogens is 1. The van der Waals surface area contributed by atoms with Gasteiger partial charge >= 0.3 is 0 Å². The van der Waals surface area contributed by atoms with Gasteiger partial charge in [0.1, 0.15) is 23.0 Å². The van der Waals surface area contributed by atoms with E-state index in [1.807, 2.05) is 11.8 Å². The van der Waals surface area contributed by atoms with E-state index in [1.165, 1.54) is 6.20 Å². The molecule has 2 amide bonds. The minimum absolute atomic E-state index is 0.121. The van der Waals surface area contributed by atoms with Crippen LogP contribution >= 0.6 is 0 Å². The summed E-state index contributed by atoms with van der Waals surface area (Å²) in [5.41, 5.74) is 6.24. The maximum absolute atomic E-state index is 12.9. The molecule has 152 valence electrons. The van der Waals surface area contributed by atoms with Crippen LogP contribution in [0.1, 0.15) is 39.6 Å². The van der Waals surface area contributed by atoms with Gasteiger partial charge in [-0.15, -0.1) is 0 Å². The lowest BCUT2D eigenvalue weighted by molar-refractivity contribution is 0.00311. The van der Waals surface area contributed by atoms with Crippen molar-refractivity contribution in [3.8, 4) is 0 Å². The normalized spacial score (nSPS) is 29.8. The zero-order valence-electron chi connectivity index (χ0n) is 16.2. The number of nitrogen functional groups attached to an aromatic ring is 1. The molecule has 0 aliphatic carbocycles. The molecule has 9 heteroatoms. The van der Waals surface area contributed by atoms with Gasteiger partial charge in [-0.1, -0.05) is 6.07 Å². The van der Waals surface area contributed by atoms with Gasteiger partial charge in [0, 0.05) is 24.9 Å². The van der Waals surface area contributed by atoms with Gasteiger partial charge in [0.05, 0.1) is 24.4 Å². The highest BCUT2D eigenvalue weighted by Gasteiger charge is 2.63. The van der Waals surface area contributed by atoms with Gasteiger partial charge in [-0.3, -0.25) is 9.59 Å². The number of rotatable bonds is 4. The monoisotopic (exact) mass is 396 g/mol. The number of amides is 2. The molecule has 3 fully saturated rings. The van der Waals surface area contributed by atoms with Crippen molar-refractivity contribution in [1.29, 1.82) is 0 Å². The molecular weight excluding hydrogens is 372 g/mol. The molecule has 0 radical (unpaired) electrons. The minimum Gasteiger partial charge on any atom is -0.384 e. The fourth-order valence-electron chi connectivity index (χ4n) is 5.19. The molecule has 4 N–H and O–H groups in total. The van der Waals surface area contributed by atoms with Crippen molar-refractivity contribution in [2.75, 3.05) is 25.4 Å². The van der Waals surface area contributed by atoms with E-state index in [0.717, 1.165) is 12.8 Å². The summed E-state index contributed by atoms with van der Waals surface area (Å²) >= 11 is 0. The average molecular weight is 396 g/mol. The molecule has 1 spiro atoms. The number of nitrogens with two attached hydrogens (primary N) is 1. The van der Waals surface area contributed by atoms with Crippen LogP contribution in [0, 0.1) is 18.8 Å². The van der Waals surface area contributed by atoms with Gasteiger partial charge in [-0.25, -0.2) is 9.97 Å². The molecule has 4 atom stereocenters. The average Bonchev–Trinajstić information content (AvgIpc) is 3.45. The molecule has 2 aromatic rings. The second-order valence-electron chi connectivity index (χ2n) is 8.26. The summed E-state index contributed by atoms with van der Waals surface area (Å²) in [7, 11) is 0. The van der Waals surface area contributed by atoms with Gasteiger partial charge in [0.15, 0.2) is 0 Å². The number of hydrogen-bond donors (Lipinski definition) is 3. The maximum Gasteiger partial charge on any atom is 0.272 e. The van der Waals surface area contributed by atoms with Gasteiger partial charge in [-0.05, 0) is 31.9 Å². The summed E-state index contributed by atoms with van der Waals surface area (Å²) in [4.78, 5) is 38.3. The standard InChI is InChI=1S/C20H24N6O3/c1-11-22-8-15(24-11)18(27)23-7-12-13-9-26(10-20(13)6-5-16(12)29-20)19(28)14-3-2-4-17(21)25-14/h2-4,8,12-13,16H,5-7,9-10H2,1H3,(H2,21,25)(H,22,24)(H,23,27)/t12-,13+,16+,20+/m0/s1. The smallest absolute Gasteiger partial charge is 0.272 e. The Morgan fingerprint density at radius 3 is 3.07 bits per heavy atom. The van der Waals surface area contributed by atoms with Gasteiger partial charge in [-0.2, -0.15) is 0 Å². The summed E-state index contributed by atoms with van der Waals surface area (Å²) in [5.74, 6) is 1.14. The molecule has 5 rings (SSSR count). The minimum atomic E-state index is -0.305. The number of aromatic nitrogens is 3. The topological polar surface area (TPSA) is 126 Å². The lowest BCUT2D eigenvalue weighted by Gasteiger charge is -2.29. The van der Waals surface area contributed by atoms with Crippen LogP contribution in [0.25, 0.3) is 0 Å². The summed E-state index contributed by atoms with van der Waals surface area (Å²) in [5, 5.41) is 3.01. The Labute approximate surface area is 168 Å². The molecule has 9 nitrogen and oxygen atoms in total. The first kappa shape index (κ1) is 18.1. The van der Waals surface area contributed by atoms with E-state index in [0.29, 0.717) is 42.7 Å². The first-order valence-electron chi connectivity index (χ1n) is 9.95. The zero-order valence-corrected chi connectivity index (χ0v) is 16.2. The first-order chi connectivity index (χ1) is 13.9. The number of carbonyl (C=O) groups excluding carboxylic acids is 2. The number of aryl methyl sites for hydroxylation is 1. The van der Waals surface area contributed by atoms with Crippen molar-refractivity contribution in [2.24, 2.45) is 11.8 Å². The molecule has 2 bridgehead atoms. The summed E-state index contributed by atoms with van der Waals surface area (Å²) < 4.78 is 6.37. The SMILES string of the molecule is Cc1ncc(C(=O)NC[C@H]2[C@H]3CN(C(=O)c4cccc(N)n4)C[C@]34CC[C@H]2O4)[nH]1. The summed E-state index contributed by atoms with van der Waals surface area (Å²) in [6.45, 7) is 3.50. The number of pyridine rings is 1. The van der Waals surface area contributed by atoms with Crippen molar-refractivity contribution < 1.29 is 14.3 Å². The van der Waals surface area contributed by atoms with Crippen LogP contribution in [0.3, 0.4) is 0 Å². The molecule has 29 heavy (non-hydrogen) atoms. The van der Waals surface area contributed by atoms with Gasteiger partial charge in [0.2, 0.25) is 0 Å². The zero-order chi connectivity index (χ0) is 20.2. The van der Waals surface area contributed by atoms with Crippen LogP contribution in [0.5, 0.6) is 0 Å². The van der Waals surface area contributed by atoms with Crippen molar-refractivity contribution >= 4 is 17.6 Å². The second-order valence-corrected chi connectivity index (χ2v) is 8.26. The molecule has 0 unspecified atom stereocenters. The second kappa shape index (κ2) is 6.55. The number of likely N-dealkylation sites (tertiary alicyclic amines) is 1. The third-order valence-electron chi connectivity index (χ3n) is 6.51. The Bertz CT molecular complexity index is 975. The Morgan fingerprint density at radius 1 is 1.45 bits per heavy atom. The number of carbonyl (C=O) groups is 2. The fraction of sp³-hybridized carbons (Fsp3) is 0.500. The molecule has 0 aromatic carbocycles. The molecule has 2 aromatic heterocycles. The van der Waals surface area contributed by atoms with E-state index in [4.69, 9.17) is 10.5 Å². The predicted molar refractivity (Wildman–Crippen MR) is 104 cm³/mol. The largest absolute Gasteiger partial charge is 0.384 e. The number of imidazole rings is 1. The molecule has 3 aliphatic rings. The van der Waals surface area contributed by atoms with Crippen molar-refractivity contribution in [1.82, 2.24) is 25.2 Å². The molecule has 5 heterocycles. The van der Waals surface area contributed by atoms with Crippen LogP contribution in [0.2, 0.25) is 0 Å². The number of fused-ring (bicyclic) bond motifs is 1. The number of anilines is 1. The highest BCUT2D eigenvalue weighted by molar-refractivity contribution is 5.93. The third kappa shape index (κ3) is 2.96. The lowest BCUT2D eigenvalue weighted by atomic mass is 9.73. The fourth-order valence-corrected chi connectivity index (χ4v) is 5.19. The van der Waals surface area contributed by atoms with Gasteiger partial charge in [0.25, 0.3) is 11.8 Å². The Balaban J connectivity index is 1.29. The van der Waals surface area contributed by atoms with E-state index in [1.54, 1.807) is 18.2 Å². The Hall–Kier alpha value is -2.94. The van der Waals surface area contributed by atoms with Crippen LogP contribution in [-0.4, -0.2) is 63.0 Å². The molecule has 3 saturated heterocycles. The van der Waals surface area contributed by atoms with E-state index < -0.39 is 0 Å². The summed E-state index contributed by atoms with van der Waals surface area (Å²) in [6, 6.07) is 5.09. The van der Waals surface area contributed by atoms with Crippen LogP contribution in [-0.2, 0) is 4.74 Å². The van der Waals surface area contributed by atoms with Crippen molar-refractivity contribution in [2.45, 2.75) is 31.5 Å². The highest BCUT2D eigenvalue weighted by atomic mass is 16.5. The number of ether oxygens (including phenoxy) is 1. The highest BCUT2D eigenvalue weighted by Crippen LogP contribution is 2.54. The predicted octanol–water partition coefficient (Wildman–Crippen LogP) is 0.745. The Kier molecular flexibility index (Phi) is 4.09. The third-order valence-corrected chi connectivity index (χ3v) is 6.51. The van der Waals surface area contributed by atoms with Crippen molar-refractivity contribution in [3.05, 3.63) is 41.6 Å². The van der Waals surface area contributed by atoms with Crippen LogP contribution in [0.15, 0.2) is 24.4 Å². The van der Waals surface area contributed by atoms with Gasteiger partial charge < -0.3 is 25.7 Å². The van der Waals surface area contributed by atoms with E-state index in [9.17, 15) is 9.59 Å². The van der Waals surface area contributed by atoms with Crippen LogP contribution < -0.4 is 11.1 Å². The number of nitrogens with zero attached hydrogens (tertiary/aromatic N) is 3. The first-order valence-corrected chi connectivity index (χ1v) is 9.95. The quantitative estimate of drug-likeness (QED) is 0.700. The lowest BCUT2D eigenvalue weighted by Crippen LogP contribution is -2.42. The number of aromatic amines is 1. The van der Waals surface area contributed by atoms with E-state index in [-0.39, 0.29) is 35.4 Å². The summed E-state index contributed by atoms with van der Waals surface area (Å²) in [6.07, 6.45) is 3.57. The molecule has 0 saturated carbocycles.